The van der Waals surface area contributed by atoms with Crippen LogP contribution in [0.1, 0.15) is 39.1 Å². The van der Waals surface area contributed by atoms with E-state index in [2.05, 4.69) is 48.7 Å². The van der Waals surface area contributed by atoms with Crippen LogP contribution in [0.5, 0.6) is 0 Å². The van der Waals surface area contributed by atoms with Crippen molar-refractivity contribution >= 4 is 5.91 Å². The fourth-order valence-corrected chi connectivity index (χ4v) is 3.86. The first-order valence-corrected chi connectivity index (χ1v) is 8.87. The zero-order valence-corrected chi connectivity index (χ0v) is 15.5. The Morgan fingerprint density at radius 1 is 1.33 bits per heavy atom. The van der Waals surface area contributed by atoms with Gasteiger partial charge in [0.15, 0.2) is 0 Å². The molecule has 1 saturated heterocycles. The molecule has 0 bridgehead atoms. The largest absolute Gasteiger partial charge is 0.361 e. The monoisotopic (exact) mass is 331 g/mol. The van der Waals surface area contributed by atoms with E-state index in [1.165, 1.54) is 5.57 Å². The van der Waals surface area contributed by atoms with Crippen molar-refractivity contribution in [3.8, 4) is 0 Å². The van der Waals surface area contributed by atoms with Crippen molar-refractivity contribution in [1.82, 2.24) is 15.0 Å². The van der Waals surface area contributed by atoms with E-state index >= 15 is 0 Å². The Kier molecular flexibility index (Phi) is 4.56. The predicted octanol–water partition coefficient (Wildman–Crippen LogP) is 2.87. The van der Waals surface area contributed by atoms with E-state index in [0.717, 1.165) is 44.2 Å². The van der Waals surface area contributed by atoms with Crippen molar-refractivity contribution in [1.29, 1.82) is 0 Å². The number of aryl methyl sites for hydroxylation is 1. The lowest BCUT2D eigenvalue weighted by Crippen LogP contribution is -2.49. The number of piperazine rings is 1. The van der Waals surface area contributed by atoms with Gasteiger partial charge in [0.05, 0.1) is 11.6 Å². The van der Waals surface area contributed by atoms with Crippen LogP contribution in [0.25, 0.3) is 0 Å². The molecule has 0 aromatic carbocycles. The van der Waals surface area contributed by atoms with Crippen molar-refractivity contribution < 1.29 is 9.32 Å². The lowest BCUT2D eigenvalue weighted by molar-refractivity contribution is -0.135. The molecule has 0 unspecified atom stereocenters. The molecule has 0 radical (unpaired) electrons. The summed E-state index contributed by atoms with van der Waals surface area (Å²) in [7, 11) is 0. The molecule has 0 spiro atoms. The van der Waals surface area contributed by atoms with Gasteiger partial charge in [-0.25, -0.2) is 0 Å². The minimum Gasteiger partial charge on any atom is -0.361 e. The summed E-state index contributed by atoms with van der Waals surface area (Å²) in [4.78, 5) is 17.3. The van der Waals surface area contributed by atoms with Crippen LogP contribution in [0.15, 0.2) is 22.2 Å². The van der Waals surface area contributed by atoms with Crippen LogP contribution < -0.4 is 0 Å². The molecule has 0 N–H and O–H groups in total. The van der Waals surface area contributed by atoms with E-state index in [1.54, 1.807) is 0 Å². The number of aromatic nitrogens is 1. The lowest BCUT2D eigenvalue weighted by atomic mass is 10.1. The maximum Gasteiger partial charge on any atom is 0.226 e. The third-order valence-corrected chi connectivity index (χ3v) is 5.44. The third kappa shape index (κ3) is 3.41. The van der Waals surface area contributed by atoms with Crippen molar-refractivity contribution in [2.45, 2.75) is 41.2 Å². The smallest absolute Gasteiger partial charge is 0.226 e. The number of hydrogen-bond acceptors (Lipinski definition) is 4. The second-order valence-electron chi connectivity index (χ2n) is 8.10. The second kappa shape index (κ2) is 6.36. The molecular weight excluding hydrogens is 302 g/mol. The quantitative estimate of drug-likeness (QED) is 0.796. The van der Waals surface area contributed by atoms with Crippen LogP contribution in [0.4, 0.5) is 0 Å². The molecule has 1 aliphatic heterocycles. The zero-order valence-electron chi connectivity index (χ0n) is 15.5. The molecule has 1 aliphatic carbocycles. The average Bonchev–Trinajstić information content (AvgIpc) is 2.82. The molecule has 132 valence electrons. The Morgan fingerprint density at radius 3 is 2.54 bits per heavy atom. The highest BCUT2D eigenvalue weighted by Crippen LogP contribution is 2.60. The molecule has 1 aromatic heterocycles. The summed E-state index contributed by atoms with van der Waals surface area (Å²) < 4.78 is 5.12. The van der Waals surface area contributed by atoms with Crippen molar-refractivity contribution in [2.75, 3.05) is 26.2 Å². The van der Waals surface area contributed by atoms with Crippen molar-refractivity contribution in [3.05, 3.63) is 29.2 Å². The molecule has 2 fully saturated rings. The summed E-state index contributed by atoms with van der Waals surface area (Å²) in [6.45, 7) is 14.8. The third-order valence-electron chi connectivity index (χ3n) is 5.44. The maximum atomic E-state index is 12.9. The fourth-order valence-electron chi connectivity index (χ4n) is 3.86. The van der Waals surface area contributed by atoms with Crippen molar-refractivity contribution in [3.63, 3.8) is 0 Å². The molecule has 1 saturated carbocycles. The fraction of sp³-hybridized carbons (Fsp3) is 0.684. The Morgan fingerprint density at radius 2 is 2.00 bits per heavy atom. The zero-order chi connectivity index (χ0) is 17.5. The van der Waals surface area contributed by atoms with Crippen LogP contribution in [0.2, 0.25) is 0 Å². The number of nitrogens with zero attached hydrogens (tertiary/aromatic N) is 3. The van der Waals surface area contributed by atoms with Crippen LogP contribution >= 0.6 is 0 Å². The molecule has 2 aliphatic rings. The highest BCUT2D eigenvalue weighted by atomic mass is 16.5. The molecule has 2 heterocycles. The number of amides is 1. The maximum absolute atomic E-state index is 12.9. The van der Waals surface area contributed by atoms with E-state index in [0.29, 0.717) is 11.8 Å². The van der Waals surface area contributed by atoms with E-state index in [9.17, 15) is 4.79 Å². The van der Waals surface area contributed by atoms with Gasteiger partial charge >= 0.3 is 0 Å². The normalized spacial score (nSPS) is 26.3. The number of allylic oxidation sites excluding steroid dienone is 2. The average molecular weight is 331 g/mol. The molecular formula is C19H29N3O2. The highest BCUT2D eigenvalue weighted by Gasteiger charge is 2.61. The lowest BCUT2D eigenvalue weighted by Gasteiger charge is -2.34. The van der Waals surface area contributed by atoms with E-state index in [-0.39, 0.29) is 11.3 Å². The van der Waals surface area contributed by atoms with Crippen LogP contribution in [-0.4, -0.2) is 47.0 Å². The topological polar surface area (TPSA) is 49.6 Å². The number of hydrogen-bond donors (Lipinski definition) is 0. The molecule has 5 heteroatoms. The van der Waals surface area contributed by atoms with E-state index < -0.39 is 0 Å². The summed E-state index contributed by atoms with van der Waals surface area (Å²) in [6.07, 6.45) is 2.27. The molecule has 24 heavy (non-hydrogen) atoms. The van der Waals surface area contributed by atoms with Gasteiger partial charge in [-0.2, -0.15) is 0 Å². The summed E-state index contributed by atoms with van der Waals surface area (Å²) in [6, 6.07) is 1.98. The summed E-state index contributed by atoms with van der Waals surface area (Å²) >= 11 is 0. The van der Waals surface area contributed by atoms with Crippen LogP contribution in [0.3, 0.4) is 0 Å². The Bertz CT molecular complexity index is 635. The van der Waals surface area contributed by atoms with Gasteiger partial charge in [0, 0.05) is 38.8 Å². The van der Waals surface area contributed by atoms with Gasteiger partial charge < -0.3 is 9.42 Å². The number of carbonyl (C=O) groups is 1. The Labute approximate surface area is 144 Å². The molecule has 1 aromatic rings. The van der Waals surface area contributed by atoms with Gasteiger partial charge in [-0.05, 0) is 32.1 Å². The summed E-state index contributed by atoms with van der Waals surface area (Å²) in [5.74, 6) is 1.72. The van der Waals surface area contributed by atoms with E-state index in [4.69, 9.17) is 4.52 Å². The van der Waals surface area contributed by atoms with E-state index in [1.807, 2.05) is 13.0 Å². The Hall–Kier alpha value is -1.62. The van der Waals surface area contributed by atoms with Gasteiger partial charge in [-0.1, -0.05) is 30.7 Å². The molecule has 2 atom stereocenters. The van der Waals surface area contributed by atoms with Crippen LogP contribution in [0, 0.1) is 24.2 Å². The first-order valence-electron chi connectivity index (χ1n) is 8.87. The van der Waals surface area contributed by atoms with Gasteiger partial charge in [0.25, 0.3) is 0 Å². The van der Waals surface area contributed by atoms with Crippen LogP contribution in [-0.2, 0) is 11.3 Å². The molecule has 5 nitrogen and oxygen atoms in total. The summed E-state index contributed by atoms with van der Waals surface area (Å²) in [5, 5.41) is 4.06. The van der Waals surface area contributed by atoms with Gasteiger partial charge in [0.1, 0.15) is 5.76 Å². The SMILES string of the molecule is CC(C)=C[C@@H]1[C@H](C(=O)N2CCN(Cc3cc(C)on3)CC2)C1(C)C. The Balaban J connectivity index is 1.53. The minimum atomic E-state index is 0.101. The van der Waals surface area contributed by atoms with Gasteiger partial charge in [-0.3, -0.25) is 9.69 Å². The number of carbonyl (C=O) groups excluding carboxylic acids is 1. The first-order chi connectivity index (χ1) is 11.3. The number of rotatable bonds is 4. The minimum absolute atomic E-state index is 0.101. The van der Waals surface area contributed by atoms with Gasteiger partial charge in [-0.15, -0.1) is 0 Å². The van der Waals surface area contributed by atoms with Crippen molar-refractivity contribution in [2.24, 2.45) is 17.3 Å². The molecule has 1 amide bonds. The first kappa shape index (κ1) is 17.2. The second-order valence-corrected chi connectivity index (χ2v) is 8.10. The predicted molar refractivity (Wildman–Crippen MR) is 93.3 cm³/mol. The summed E-state index contributed by atoms with van der Waals surface area (Å²) in [5.41, 5.74) is 2.37. The highest BCUT2D eigenvalue weighted by molar-refractivity contribution is 5.84. The molecule has 3 rings (SSSR count). The standard InChI is InChI=1S/C19H29N3O2/c1-13(2)10-16-17(19(16,4)5)18(23)22-8-6-21(7-9-22)12-15-11-14(3)24-20-15/h10-11,16-17H,6-9,12H2,1-5H3/t16-,17-/m1/s1. The van der Waals surface area contributed by atoms with Gasteiger partial charge in [0.2, 0.25) is 5.91 Å².